The van der Waals surface area contributed by atoms with Gasteiger partial charge < -0.3 is 24.8 Å². The molecule has 0 saturated heterocycles. The summed E-state index contributed by atoms with van der Waals surface area (Å²) >= 11 is -0.970. The summed E-state index contributed by atoms with van der Waals surface area (Å²) in [5.74, 6) is 0. The molecule has 2 aliphatic carbocycles. The number of aromatic nitrogens is 2. The van der Waals surface area contributed by atoms with Crippen LogP contribution in [0.2, 0.25) is 0 Å². The van der Waals surface area contributed by atoms with E-state index in [1.165, 1.54) is 44.9 Å². The van der Waals surface area contributed by atoms with E-state index in [0.29, 0.717) is 7.25 Å². The fourth-order valence-corrected chi connectivity index (χ4v) is 10.0. The Hall–Kier alpha value is -2.06. The van der Waals surface area contributed by atoms with Crippen LogP contribution in [-0.4, -0.2) is 9.13 Å². The van der Waals surface area contributed by atoms with E-state index in [1.807, 2.05) is 0 Å². The molecule has 33 heavy (non-hydrogen) atoms. The van der Waals surface area contributed by atoms with Crippen LogP contribution in [0, 0.1) is 13.8 Å². The molecule has 0 radical (unpaired) electrons. The van der Waals surface area contributed by atoms with Crippen LogP contribution in [0.3, 0.4) is 0 Å². The third-order valence-electron chi connectivity index (χ3n) is 6.48. The van der Waals surface area contributed by atoms with Crippen molar-refractivity contribution in [1.82, 2.24) is 9.13 Å². The molecule has 2 aliphatic rings. The molecule has 0 amide bonds. The standard InChI is InChI=1S/C15H14N.C13H10N.2ClH.Zr/c1-11-7-12(2)16(10-11)15-8-13-5-3-4-6-14(13)9-15;1-2-6-12-10-13(9-11(12)5-1)14-7-3-4-8-14;;;/h3-10H,1-2H3;1-10H;2*1H;/q;;;;+2/p-2. The summed E-state index contributed by atoms with van der Waals surface area (Å²) < 4.78 is 5.84. The molecule has 2 atom stereocenters. The van der Waals surface area contributed by atoms with Gasteiger partial charge in [-0.15, -0.1) is 0 Å². The smallest absolute Gasteiger partial charge is 1.00 e. The number of hydrogen-bond acceptors (Lipinski definition) is 0. The van der Waals surface area contributed by atoms with E-state index in [0.717, 1.165) is 0 Å². The summed E-state index contributed by atoms with van der Waals surface area (Å²) in [5.41, 5.74) is 11.4. The maximum absolute atomic E-state index is 2.45. The zero-order chi connectivity index (χ0) is 20.9. The van der Waals surface area contributed by atoms with Crippen LogP contribution < -0.4 is 24.8 Å². The maximum Gasteiger partial charge on any atom is -1.00 e. The van der Waals surface area contributed by atoms with Gasteiger partial charge in [-0.05, 0) is 0 Å². The second-order valence-electron chi connectivity index (χ2n) is 8.55. The van der Waals surface area contributed by atoms with Gasteiger partial charge in [0, 0.05) is 0 Å². The molecule has 2 aromatic carbocycles. The van der Waals surface area contributed by atoms with Crippen molar-refractivity contribution in [2.75, 3.05) is 0 Å². The Morgan fingerprint density at radius 1 is 0.697 bits per heavy atom. The molecule has 0 aliphatic heterocycles. The van der Waals surface area contributed by atoms with Crippen LogP contribution in [0.15, 0.2) is 85.3 Å². The van der Waals surface area contributed by atoms with Gasteiger partial charge >= 0.3 is 196 Å². The third-order valence-corrected chi connectivity index (χ3v) is 11.1. The second-order valence-corrected chi connectivity index (χ2v) is 12.2. The molecule has 164 valence electrons. The van der Waals surface area contributed by atoms with Gasteiger partial charge in [0.05, 0.1) is 0 Å². The Morgan fingerprint density at radius 2 is 1.24 bits per heavy atom. The molecule has 2 unspecified atom stereocenters. The largest absolute Gasteiger partial charge is 1.00 e. The van der Waals surface area contributed by atoms with Crippen molar-refractivity contribution in [2.24, 2.45) is 0 Å². The minimum atomic E-state index is -0.970. The number of nitrogens with zero attached hydrogens (tertiary/aromatic N) is 2. The molecular weight excluding hydrogens is 526 g/mol. The average Bonchev–Trinajstić information content (AvgIpc) is 3.55. The molecule has 6 rings (SSSR count). The molecule has 0 N–H and O–H groups in total. The van der Waals surface area contributed by atoms with Gasteiger partial charge in [0.1, 0.15) is 0 Å². The fourth-order valence-electron chi connectivity index (χ4n) is 5.09. The van der Waals surface area contributed by atoms with Crippen LogP contribution in [0.1, 0.15) is 40.8 Å². The molecule has 4 aromatic rings. The number of hydrogen-bond donors (Lipinski definition) is 0. The van der Waals surface area contributed by atoms with Crippen LogP contribution in [0.25, 0.3) is 23.5 Å². The topological polar surface area (TPSA) is 9.86 Å². The van der Waals surface area contributed by atoms with Crippen LogP contribution in [-0.2, 0) is 23.2 Å². The van der Waals surface area contributed by atoms with Gasteiger partial charge in [-0.1, -0.05) is 0 Å². The summed E-state index contributed by atoms with van der Waals surface area (Å²) in [6.07, 6.45) is 11.6. The summed E-state index contributed by atoms with van der Waals surface area (Å²) in [6.45, 7) is 4.43. The molecular formula is C28H24Cl2N2Zr. The van der Waals surface area contributed by atoms with Gasteiger partial charge in [-0.2, -0.15) is 0 Å². The first-order valence-corrected chi connectivity index (χ1v) is 13.7. The van der Waals surface area contributed by atoms with Crippen molar-refractivity contribution in [3.05, 3.63) is 119 Å². The first-order chi connectivity index (χ1) is 15.2. The maximum atomic E-state index is 2.45. The van der Waals surface area contributed by atoms with E-state index in [-0.39, 0.29) is 24.8 Å². The number of benzene rings is 2. The Bertz CT molecular complexity index is 1350. The number of fused-ring (bicyclic) bond motifs is 2. The summed E-state index contributed by atoms with van der Waals surface area (Å²) in [7, 11) is 0. The van der Waals surface area contributed by atoms with E-state index in [2.05, 4.69) is 120 Å². The van der Waals surface area contributed by atoms with Gasteiger partial charge in [-0.3, -0.25) is 0 Å². The van der Waals surface area contributed by atoms with Gasteiger partial charge in [0.25, 0.3) is 0 Å². The number of allylic oxidation sites excluding steroid dienone is 2. The predicted molar refractivity (Wildman–Crippen MR) is 125 cm³/mol. The molecule has 0 bridgehead atoms. The zero-order valence-corrected chi connectivity index (χ0v) is 22.5. The molecule has 0 spiro atoms. The molecule has 2 heterocycles. The SMILES string of the molecule is Cc1cc(C)n(C2=Cc3ccccc3[CH]2[Zr+2][CH]2C(n3cccc3)=Cc3ccccc32)c1.[Cl-].[Cl-]. The number of halogens is 2. The number of rotatable bonds is 4. The van der Waals surface area contributed by atoms with Crippen molar-refractivity contribution < 1.29 is 48.0 Å². The Morgan fingerprint density at radius 3 is 1.82 bits per heavy atom. The van der Waals surface area contributed by atoms with Crippen LogP contribution >= 0.6 is 0 Å². The first kappa shape index (κ1) is 24.1. The van der Waals surface area contributed by atoms with E-state index in [4.69, 9.17) is 0 Å². The summed E-state index contributed by atoms with van der Waals surface area (Å²) in [4.78, 5) is 0. The van der Waals surface area contributed by atoms with E-state index < -0.39 is 23.2 Å². The normalized spacial score (nSPS) is 17.8. The minimum absolute atomic E-state index is 0. The van der Waals surface area contributed by atoms with E-state index in [9.17, 15) is 0 Å². The quantitative estimate of drug-likeness (QED) is 0.356. The van der Waals surface area contributed by atoms with Gasteiger partial charge in [0.15, 0.2) is 0 Å². The van der Waals surface area contributed by atoms with Crippen molar-refractivity contribution in [2.45, 2.75) is 21.1 Å². The first-order valence-electron chi connectivity index (χ1n) is 10.9. The Labute approximate surface area is 219 Å². The van der Waals surface area contributed by atoms with E-state index >= 15 is 0 Å². The van der Waals surface area contributed by atoms with Gasteiger partial charge in [0.2, 0.25) is 0 Å². The molecule has 2 aromatic heterocycles. The molecule has 5 heteroatoms. The minimum Gasteiger partial charge on any atom is -1.00 e. The Kier molecular flexibility index (Phi) is 7.05. The molecule has 0 saturated carbocycles. The van der Waals surface area contributed by atoms with Gasteiger partial charge in [-0.25, -0.2) is 0 Å². The summed E-state index contributed by atoms with van der Waals surface area (Å²) in [5, 5.41) is 0. The van der Waals surface area contributed by atoms with Crippen molar-refractivity contribution in [3.63, 3.8) is 0 Å². The zero-order valence-electron chi connectivity index (χ0n) is 18.5. The number of aryl methyl sites for hydroxylation is 2. The Balaban J connectivity index is 0.00000130. The van der Waals surface area contributed by atoms with Crippen LogP contribution in [0.4, 0.5) is 0 Å². The average molecular weight is 551 g/mol. The van der Waals surface area contributed by atoms with Crippen molar-refractivity contribution >= 4 is 23.5 Å². The fraction of sp³-hybridized carbons (Fsp3) is 0.143. The summed E-state index contributed by atoms with van der Waals surface area (Å²) in [6, 6.07) is 24.6. The van der Waals surface area contributed by atoms with Crippen molar-refractivity contribution in [3.8, 4) is 0 Å². The monoisotopic (exact) mass is 548 g/mol. The predicted octanol–water partition coefficient (Wildman–Crippen LogP) is 0.803. The molecule has 2 nitrogen and oxygen atoms in total. The third kappa shape index (κ3) is 4.16. The van der Waals surface area contributed by atoms with Crippen LogP contribution in [0.5, 0.6) is 0 Å². The van der Waals surface area contributed by atoms with Crippen molar-refractivity contribution in [1.29, 1.82) is 0 Å². The van der Waals surface area contributed by atoms with E-state index in [1.54, 1.807) is 0 Å². The second kappa shape index (κ2) is 9.67. The molecule has 0 fully saturated rings.